The molecule has 126 valence electrons. The van der Waals surface area contributed by atoms with Crippen LogP contribution in [0.2, 0.25) is 0 Å². The summed E-state index contributed by atoms with van der Waals surface area (Å²) in [5, 5.41) is 34.4. The fraction of sp³-hybridized carbons (Fsp3) is 0.0588. The minimum Gasteiger partial charge on any atom is -0.508 e. The number of aryl methyl sites for hydroxylation is 1. The molecule has 0 saturated carbocycles. The van der Waals surface area contributed by atoms with Gasteiger partial charge in [0.15, 0.2) is 0 Å². The maximum atomic E-state index is 12.1. The molecule has 0 radical (unpaired) electrons. The van der Waals surface area contributed by atoms with E-state index in [-0.39, 0.29) is 17.0 Å². The van der Waals surface area contributed by atoms with E-state index in [1.165, 1.54) is 36.5 Å². The molecule has 0 aliphatic rings. The van der Waals surface area contributed by atoms with Crippen molar-refractivity contribution in [1.82, 2.24) is 0 Å². The summed E-state index contributed by atoms with van der Waals surface area (Å²) in [6.45, 7) is 1.76. The molecule has 8 heteroatoms. The number of nitro benzene ring substituents is 1. The van der Waals surface area contributed by atoms with Crippen LogP contribution >= 0.6 is 0 Å². The van der Waals surface area contributed by atoms with E-state index in [9.17, 15) is 20.0 Å². The van der Waals surface area contributed by atoms with Gasteiger partial charge in [0.25, 0.3) is 11.6 Å². The fourth-order valence-corrected chi connectivity index (χ4v) is 1.97. The number of carbonyl (C=O) groups excluding carboxylic acids is 1. The lowest BCUT2D eigenvalue weighted by Crippen LogP contribution is -2.14. The average Bonchev–Trinajstić information content (AvgIpc) is 2.57. The maximum absolute atomic E-state index is 12.1. The lowest BCUT2D eigenvalue weighted by Gasteiger charge is -2.07. The van der Waals surface area contributed by atoms with Crippen molar-refractivity contribution in [2.75, 3.05) is 10.6 Å². The van der Waals surface area contributed by atoms with Gasteiger partial charge in [-0.05, 0) is 42.8 Å². The second kappa shape index (κ2) is 7.61. The molecule has 2 aromatic carbocycles. The number of rotatable bonds is 5. The van der Waals surface area contributed by atoms with E-state index in [1.54, 1.807) is 25.1 Å². The third kappa shape index (κ3) is 4.56. The predicted octanol–water partition coefficient (Wildman–Crippen LogP) is 3.07. The van der Waals surface area contributed by atoms with Crippen LogP contribution in [0.25, 0.3) is 0 Å². The molecular formula is C17H14N4O4. The van der Waals surface area contributed by atoms with Crippen molar-refractivity contribution < 1.29 is 14.8 Å². The molecule has 3 N–H and O–H groups in total. The van der Waals surface area contributed by atoms with Crippen molar-refractivity contribution in [2.45, 2.75) is 6.92 Å². The van der Waals surface area contributed by atoms with Gasteiger partial charge in [0, 0.05) is 29.7 Å². The second-order valence-corrected chi connectivity index (χ2v) is 5.07. The van der Waals surface area contributed by atoms with Crippen LogP contribution in [0.5, 0.6) is 5.75 Å². The van der Waals surface area contributed by atoms with Crippen LogP contribution in [-0.2, 0) is 4.79 Å². The predicted molar refractivity (Wildman–Crippen MR) is 91.9 cm³/mol. The highest BCUT2D eigenvalue weighted by molar-refractivity contribution is 6.06. The molecule has 0 aliphatic carbocycles. The molecule has 2 rings (SSSR count). The van der Waals surface area contributed by atoms with Gasteiger partial charge in [0.2, 0.25) is 0 Å². The Kier molecular flexibility index (Phi) is 5.32. The van der Waals surface area contributed by atoms with Gasteiger partial charge in [-0.1, -0.05) is 0 Å². The Morgan fingerprint density at radius 3 is 2.52 bits per heavy atom. The summed E-state index contributed by atoms with van der Waals surface area (Å²) < 4.78 is 0. The number of nitrogens with one attached hydrogen (secondary N) is 2. The number of aromatic hydroxyl groups is 1. The Morgan fingerprint density at radius 1 is 1.28 bits per heavy atom. The third-order valence-electron chi connectivity index (χ3n) is 3.28. The number of nitro groups is 1. The standard InChI is InChI=1S/C17H14N4O4/c1-11-8-15(22)6-7-16(11)19-10-12(9-18)17(23)20-13-2-4-14(5-3-13)21(24)25/h2-8,10,19,22H,1H3,(H,20,23)/b12-10-. The summed E-state index contributed by atoms with van der Waals surface area (Å²) >= 11 is 0. The molecule has 0 aliphatic heterocycles. The largest absolute Gasteiger partial charge is 0.508 e. The first-order valence-electron chi connectivity index (χ1n) is 7.13. The van der Waals surface area contributed by atoms with Crippen LogP contribution < -0.4 is 10.6 Å². The summed E-state index contributed by atoms with van der Waals surface area (Å²) in [5.41, 5.74) is 1.43. The number of nitriles is 1. The summed E-state index contributed by atoms with van der Waals surface area (Å²) in [5.74, 6) is -0.538. The van der Waals surface area contributed by atoms with Gasteiger partial charge >= 0.3 is 0 Å². The van der Waals surface area contributed by atoms with Crippen molar-refractivity contribution >= 4 is 23.0 Å². The van der Waals surface area contributed by atoms with Crippen LogP contribution in [-0.4, -0.2) is 15.9 Å². The van der Waals surface area contributed by atoms with Crippen LogP contribution in [0.15, 0.2) is 54.2 Å². The number of nitrogens with zero attached hydrogens (tertiary/aromatic N) is 2. The van der Waals surface area contributed by atoms with E-state index in [2.05, 4.69) is 10.6 Å². The Morgan fingerprint density at radius 2 is 1.96 bits per heavy atom. The molecule has 0 saturated heterocycles. The highest BCUT2D eigenvalue weighted by atomic mass is 16.6. The minimum atomic E-state index is -0.653. The number of hydrogen-bond acceptors (Lipinski definition) is 6. The molecule has 1 amide bonds. The first kappa shape index (κ1) is 17.5. The van der Waals surface area contributed by atoms with Crippen molar-refractivity contribution in [3.8, 4) is 11.8 Å². The van der Waals surface area contributed by atoms with Gasteiger partial charge in [-0.25, -0.2) is 0 Å². The lowest BCUT2D eigenvalue weighted by molar-refractivity contribution is -0.384. The Balaban J connectivity index is 2.09. The summed E-state index contributed by atoms with van der Waals surface area (Å²) in [6, 6.07) is 11.7. The van der Waals surface area contributed by atoms with Crippen molar-refractivity contribution in [2.24, 2.45) is 0 Å². The molecule has 0 atom stereocenters. The molecular weight excluding hydrogens is 324 g/mol. The number of anilines is 2. The van der Waals surface area contributed by atoms with E-state index < -0.39 is 10.8 Å². The second-order valence-electron chi connectivity index (χ2n) is 5.07. The maximum Gasteiger partial charge on any atom is 0.269 e. The highest BCUT2D eigenvalue weighted by Crippen LogP contribution is 2.20. The molecule has 0 fully saturated rings. The van der Waals surface area contributed by atoms with E-state index in [1.807, 2.05) is 0 Å². The van der Waals surface area contributed by atoms with Gasteiger partial charge in [-0.15, -0.1) is 0 Å². The molecule has 8 nitrogen and oxygen atoms in total. The number of carbonyl (C=O) groups is 1. The van der Waals surface area contributed by atoms with Crippen LogP contribution in [0.1, 0.15) is 5.56 Å². The zero-order chi connectivity index (χ0) is 18.4. The molecule has 0 heterocycles. The quantitative estimate of drug-likeness (QED) is 0.253. The van der Waals surface area contributed by atoms with Gasteiger partial charge in [0.05, 0.1) is 4.92 Å². The molecule has 0 unspecified atom stereocenters. The molecule has 2 aromatic rings. The van der Waals surface area contributed by atoms with Crippen LogP contribution in [0.3, 0.4) is 0 Å². The van der Waals surface area contributed by atoms with E-state index in [0.717, 1.165) is 5.56 Å². The minimum absolute atomic E-state index is 0.0986. The number of hydrogen-bond donors (Lipinski definition) is 3. The smallest absolute Gasteiger partial charge is 0.269 e. The zero-order valence-corrected chi connectivity index (χ0v) is 13.2. The normalized spacial score (nSPS) is 10.6. The molecule has 0 aromatic heterocycles. The van der Waals surface area contributed by atoms with E-state index in [4.69, 9.17) is 5.26 Å². The van der Waals surface area contributed by atoms with Gasteiger partial charge in [0.1, 0.15) is 17.4 Å². The van der Waals surface area contributed by atoms with Gasteiger partial charge < -0.3 is 15.7 Å². The Hall–Kier alpha value is -3.86. The number of non-ortho nitro benzene ring substituents is 1. The number of benzene rings is 2. The average molecular weight is 338 g/mol. The number of phenolic OH excluding ortho intramolecular Hbond substituents is 1. The number of phenols is 1. The Bertz CT molecular complexity index is 883. The van der Waals surface area contributed by atoms with Gasteiger partial charge in [-0.2, -0.15) is 5.26 Å². The van der Waals surface area contributed by atoms with Crippen LogP contribution in [0, 0.1) is 28.4 Å². The van der Waals surface area contributed by atoms with E-state index >= 15 is 0 Å². The molecule has 0 bridgehead atoms. The monoisotopic (exact) mass is 338 g/mol. The third-order valence-corrected chi connectivity index (χ3v) is 3.28. The summed E-state index contributed by atoms with van der Waals surface area (Å²) in [7, 11) is 0. The number of amides is 1. The zero-order valence-electron chi connectivity index (χ0n) is 13.2. The van der Waals surface area contributed by atoms with Crippen molar-refractivity contribution in [3.63, 3.8) is 0 Å². The summed E-state index contributed by atoms with van der Waals surface area (Å²) in [4.78, 5) is 22.2. The lowest BCUT2D eigenvalue weighted by atomic mass is 10.2. The first-order valence-corrected chi connectivity index (χ1v) is 7.13. The molecule has 0 spiro atoms. The van der Waals surface area contributed by atoms with Crippen LogP contribution in [0.4, 0.5) is 17.1 Å². The van der Waals surface area contributed by atoms with E-state index in [0.29, 0.717) is 11.4 Å². The highest BCUT2D eigenvalue weighted by Gasteiger charge is 2.11. The Labute approximate surface area is 143 Å². The SMILES string of the molecule is Cc1cc(O)ccc1N/C=C(/C#N)C(=O)Nc1ccc([N+](=O)[O-])cc1. The first-order chi connectivity index (χ1) is 11.9. The topological polar surface area (TPSA) is 128 Å². The van der Waals surface area contributed by atoms with Crippen molar-refractivity contribution in [3.05, 3.63) is 69.9 Å². The van der Waals surface area contributed by atoms with Crippen molar-refractivity contribution in [1.29, 1.82) is 5.26 Å². The fourth-order valence-electron chi connectivity index (χ4n) is 1.97. The summed E-state index contributed by atoms with van der Waals surface area (Å²) in [6.07, 6.45) is 1.25. The molecule has 25 heavy (non-hydrogen) atoms. The van der Waals surface area contributed by atoms with Gasteiger partial charge in [-0.3, -0.25) is 14.9 Å².